The summed E-state index contributed by atoms with van der Waals surface area (Å²) < 4.78 is 4.92. The van der Waals surface area contributed by atoms with Gasteiger partial charge in [0.1, 0.15) is 0 Å². The zero-order valence-electron chi connectivity index (χ0n) is 10.4. The smallest absolute Gasteiger partial charge is 0.308 e. The average molecular weight is 216 g/mol. The number of hydrogen-bond donors (Lipinski definition) is 0. The number of carbonyl (C=O) groups is 1. The molecular formula is C11H24O2Si. The molecule has 0 atom stereocenters. The van der Waals surface area contributed by atoms with Crippen molar-refractivity contribution < 1.29 is 9.53 Å². The Morgan fingerprint density at radius 3 is 1.71 bits per heavy atom. The monoisotopic (exact) mass is 216 g/mol. The minimum atomic E-state index is -1.50. The maximum atomic E-state index is 11.8. The minimum Gasteiger partial charge on any atom is -0.469 e. The van der Waals surface area contributed by atoms with E-state index < -0.39 is 8.07 Å². The van der Waals surface area contributed by atoms with Crippen molar-refractivity contribution in [2.24, 2.45) is 0 Å². The molecule has 0 saturated heterocycles. The van der Waals surface area contributed by atoms with Crippen LogP contribution in [-0.4, -0.2) is 21.2 Å². The number of ether oxygens (including phenoxy) is 1. The Bertz CT molecular complexity index is 187. The molecule has 0 heterocycles. The molecule has 84 valence electrons. The molecule has 0 fully saturated rings. The predicted molar refractivity (Wildman–Crippen MR) is 63.3 cm³/mol. The highest BCUT2D eigenvalue weighted by molar-refractivity contribution is 6.85. The SMILES string of the molecule is CC[Si](CC)(CC)C(C)(C)C(=O)OC. The molecule has 0 saturated carbocycles. The quantitative estimate of drug-likeness (QED) is 0.520. The first-order chi connectivity index (χ1) is 6.41. The maximum absolute atomic E-state index is 11.8. The summed E-state index contributed by atoms with van der Waals surface area (Å²) in [6, 6.07) is 3.46. The van der Waals surface area contributed by atoms with Gasteiger partial charge in [0.25, 0.3) is 0 Å². The largest absolute Gasteiger partial charge is 0.469 e. The van der Waals surface area contributed by atoms with Crippen LogP contribution >= 0.6 is 0 Å². The second kappa shape index (κ2) is 4.96. The van der Waals surface area contributed by atoms with E-state index in [1.165, 1.54) is 7.11 Å². The molecule has 2 nitrogen and oxygen atoms in total. The molecule has 0 aliphatic carbocycles. The summed E-state index contributed by atoms with van der Waals surface area (Å²) in [6.07, 6.45) is 0. The van der Waals surface area contributed by atoms with Crippen molar-refractivity contribution in [1.29, 1.82) is 0 Å². The number of hydrogen-bond acceptors (Lipinski definition) is 2. The summed E-state index contributed by atoms with van der Waals surface area (Å²) in [5, 5.41) is -0.250. The molecule has 0 aromatic carbocycles. The first-order valence-corrected chi connectivity index (χ1v) is 8.12. The molecule has 0 aromatic heterocycles. The maximum Gasteiger partial charge on any atom is 0.308 e. The van der Waals surface area contributed by atoms with Gasteiger partial charge in [-0.2, -0.15) is 0 Å². The average Bonchev–Trinajstić information content (AvgIpc) is 2.19. The molecule has 0 radical (unpaired) electrons. The molecule has 0 N–H and O–H groups in total. The lowest BCUT2D eigenvalue weighted by atomic mass is 10.2. The zero-order chi connectivity index (χ0) is 11.4. The van der Waals surface area contributed by atoms with Crippen LogP contribution in [0.15, 0.2) is 0 Å². The molecule has 0 aliphatic heterocycles. The summed E-state index contributed by atoms with van der Waals surface area (Å²) in [5.74, 6) is -0.0327. The molecule has 14 heavy (non-hydrogen) atoms. The lowest BCUT2D eigenvalue weighted by Crippen LogP contribution is -2.48. The van der Waals surface area contributed by atoms with E-state index in [0.717, 1.165) is 18.1 Å². The van der Waals surface area contributed by atoms with Gasteiger partial charge in [0.2, 0.25) is 0 Å². The normalized spacial score (nSPS) is 12.7. The second-order valence-electron chi connectivity index (χ2n) is 4.46. The molecule has 0 aromatic rings. The fourth-order valence-corrected chi connectivity index (χ4v) is 7.23. The van der Waals surface area contributed by atoms with E-state index in [1.54, 1.807) is 0 Å². The van der Waals surface area contributed by atoms with Crippen molar-refractivity contribution in [3.63, 3.8) is 0 Å². The fourth-order valence-electron chi connectivity index (χ4n) is 2.55. The van der Waals surface area contributed by atoms with E-state index in [9.17, 15) is 4.79 Å². The van der Waals surface area contributed by atoms with E-state index in [2.05, 4.69) is 34.6 Å². The van der Waals surface area contributed by atoms with E-state index in [-0.39, 0.29) is 11.0 Å². The molecule has 3 heteroatoms. The summed E-state index contributed by atoms with van der Waals surface area (Å²) in [5.41, 5.74) is 0. The van der Waals surface area contributed by atoms with E-state index in [1.807, 2.05) is 0 Å². The Kier molecular flexibility index (Phi) is 4.85. The highest BCUT2D eigenvalue weighted by Crippen LogP contribution is 2.45. The van der Waals surface area contributed by atoms with Crippen molar-refractivity contribution >= 4 is 14.0 Å². The van der Waals surface area contributed by atoms with Crippen LogP contribution in [0.4, 0.5) is 0 Å². The van der Waals surface area contributed by atoms with Gasteiger partial charge >= 0.3 is 5.97 Å². The Hall–Kier alpha value is -0.313. The zero-order valence-corrected chi connectivity index (χ0v) is 11.4. The Balaban J connectivity index is 5.07. The molecular weight excluding hydrogens is 192 g/mol. The predicted octanol–water partition coefficient (Wildman–Crippen LogP) is 3.45. The summed E-state index contributed by atoms with van der Waals surface area (Å²) in [6.45, 7) is 10.8. The fraction of sp³-hybridized carbons (Fsp3) is 0.909. The van der Waals surface area contributed by atoms with Crippen molar-refractivity contribution in [3.8, 4) is 0 Å². The van der Waals surface area contributed by atoms with Crippen LogP contribution in [0, 0.1) is 0 Å². The van der Waals surface area contributed by atoms with Gasteiger partial charge in [-0.3, -0.25) is 4.79 Å². The Labute approximate surface area is 89.0 Å². The summed E-state index contributed by atoms with van der Waals surface area (Å²) in [7, 11) is -0.0133. The van der Waals surface area contributed by atoms with Crippen molar-refractivity contribution in [3.05, 3.63) is 0 Å². The molecule has 0 unspecified atom stereocenters. The third kappa shape index (κ3) is 2.02. The van der Waals surface area contributed by atoms with Gasteiger partial charge < -0.3 is 4.74 Å². The molecule has 0 spiro atoms. The Morgan fingerprint density at radius 1 is 1.14 bits per heavy atom. The first kappa shape index (κ1) is 13.7. The molecule has 0 bridgehead atoms. The highest BCUT2D eigenvalue weighted by atomic mass is 28.3. The van der Waals surface area contributed by atoms with Gasteiger partial charge in [-0.15, -0.1) is 0 Å². The summed E-state index contributed by atoms with van der Waals surface area (Å²) in [4.78, 5) is 11.8. The van der Waals surface area contributed by atoms with Crippen LogP contribution < -0.4 is 0 Å². The molecule has 0 aliphatic rings. The van der Waals surface area contributed by atoms with Crippen LogP contribution in [0.5, 0.6) is 0 Å². The molecule has 0 rings (SSSR count). The molecule has 0 amide bonds. The topological polar surface area (TPSA) is 26.3 Å². The standard InChI is InChI=1S/C11H24O2Si/c1-7-14(8-2,9-3)11(4,5)10(12)13-6/h7-9H2,1-6H3. The van der Waals surface area contributed by atoms with Crippen LogP contribution in [0.3, 0.4) is 0 Å². The van der Waals surface area contributed by atoms with Gasteiger partial charge in [-0.1, -0.05) is 52.8 Å². The van der Waals surface area contributed by atoms with Gasteiger partial charge in [0, 0.05) is 0 Å². The van der Waals surface area contributed by atoms with Crippen LogP contribution in [0.1, 0.15) is 34.6 Å². The Morgan fingerprint density at radius 2 is 1.50 bits per heavy atom. The number of carbonyl (C=O) groups excluding carboxylic acids is 1. The third-order valence-electron chi connectivity index (χ3n) is 4.05. The number of methoxy groups -OCH3 is 1. The van der Waals surface area contributed by atoms with E-state index in [0.29, 0.717) is 0 Å². The van der Waals surface area contributed by atoms with Gasteiger partial charge in [-0.25, -0.2) is 0 Å². The highest BCUT2D eigenvalue weighted by Gasteiger charge is 2.48. The van der Waals surface area contributed by atoms with Crippen LogP contribution in [-0.2, 0) is 9.53 Å². The van der Waals surface area contributed by atoms with E-state index >= 15 is 0 Å². The lowest BCUT2D eigenvalue weighted by molar-refractivity contribution is -0.143. The van der Waals surface area contributed by atoms with Crippen LogP contribution in [0.2, 0.25) is 23.2 Å². The van der Waals surface area contributed by atoms with Gasteiger partial charge in [0.15, 0.2) is 0 Å². The van der Waals surface area contributed by atoms with Crippen molar-refractivity contribution in [2.45, 2.75) is 57.8 Å². The van der Waals surface area contributed by atoms with Crippen molar-refractivity contribution in [2.75, 3.05) is 7.11 Å². The van der Waals surface area contributed by atoms with Gasteiger partial charge in [-0.05, 0) is 0 Å². The second-order valence-corrected chi connectivity index (χ2v) is 10.4. The third-order valence-corrected chi connectivity index (χ3v) is 11.0. The lowest BCUT2D eigenvalue weighted by Gasteiger charge is -2.41. The van der Waals surface area contributed by atoms with Crippen molar-refractivity contribution in [1.82, 2.24) is 0 Å². The van der Waals surface area contributed by atoms with E-state index in [4.69, 9.17) is 4.74 Å². The van der Waals surface area contributed by atoms with Gasteiger partial charge in [0.05, 0.1) is 20.2 Å². The minimum absolute atomic E-state index is 0.0327. The first-order valence-electron chi connectivity index (χ1n) is 5.50. The summed E-state index contributed by atoms with van der Waals surface area (Å²) >= 11 is 0. The number of rotatable bonds is 5. The van der Waals surface area contributed by atoms with Crippen LogP contribution in [0.25, 0.3) is 0 Å². The number of esters is 1.